The van der Waals surface area contributed by atoms with E-state index in [4.69, 9.17) is 4.52 Å². The second-order valence-electron chi connectivity index (χ2n) is 7.06. The molecule has 1 saturated heterocycles. The molecule has 0 spiro atoms. The van der Waals surface area contributed by atoms with Crippen molar-refractivity contribution in [2.24, 2.45) is 5.92 Å². The Morgan fingerprint density at radius 3 is 2.57 bits per heavy atom. The van der Waals surface area contributed by atoms with Gasteiger partial charge in [0.1, 0.15) is 5.54 Å². The molecule has 2 aliphatic rings. The Balaban J connectivity index is 1.77. The Labute approximate surface area is 123 Å². The van der Waals surface area contributed by atoms with Crippen molar-refractivity contribution in [3.8, 4) is 0 Å². The van der Waals surface area contributed by atoms with E-state index in [1.54, 1.807) is 6.92 Å². The molecule has 1 aromatic heterocycles. The highest BCUT2D eigenvalue weighted by Crippen LogP contribution is 2.42. The van der Waals surface area contributed by atoms with Crippen LogP contribution in [0.5, 0.6) is 0 Å². The van der Waals surface area contributed by atoms with Crippen molar-refractivity contribution in [3.63, 3.8) is 0 Å². The Kier molecular flexibility index (Phi) is 2.86. The molecule has 3 amide bonds. The highest BCUT2D eigenvalue weighted by molar-refractivity contribution is 6.07. The summed E-state index contributed by atoms with van der Waals surface area (Å²) in [5.41, 5.74) is -1.03. The molecule has 114 valence electrons. The van der Waals surface area contributed by atoms with E-state index in [1.807, 2.05) is 20.8 Å². The molecule has 1 atom stereocenters. The van der Waals surface area contributed by atoms with Gasteiger partial charge in [0.05, 0.1) is 6.54 Å². The first-order valence-electron chi connectivity index (χ1n) is 7.19. The summed E-state index contributed by atoms with van der Waals surface area (Å²) in [6, 6.07) is -0.378. The average Bonchev–Trinajstić information content (AvgIpc) is 3.08. The lowest BCUT2D eigenvalue weighted by Gasteiger charge is -2.20. The zero-order chi connectivity index (χ0) is 15.4. The Morgan fingerprint density at radius 1 is 1.38 bits per heavy atom. The molecule has 2 heterocycles. The maximum atomic E-state index is 12.5. The van der Waals surface area contributed by atoms with E-state index in [-0.39, 0.29) is 29.8 Å². The number of hydrogen-bond donors (Lipinski definition) is 1. The van der Waals surface area contributed by atoms with Gasteiger partial charge in [-0.1, -0.05) is 25.9 Å². The molecule has 1 aliphatic heterocycles. The van der Waals surface area contributed by atoms with Crippen LogP contribution in [0.2, 0.25) is 0 Å². The third kappa shape index (κ3) is 2.30. The minimum absolute atomic E-state index is 0.0482. The molecule has 1 saturated carbocycles. The van der Waals surface area contributed by atoms with Crippen LogP contribution in [0.4, 0.5) is 4.79 Å². The van der Waals surface area contributed by atoms with E-state index >= 15 is 0 Å². The van der Waals surface area contributed by atoms with Gasteiger partial charge in [-0.3, -0.25) is 9.69 Å². The number of aromatic nitrogens is 2. The third-order valence-corrected chi connectivity index (χ3v) is 4.10. The van der Waals surface area contributed by atoms with E-state index < -0.39 is 5.54 Å². The molecular weight excluding hydrogens is 272 g/mol. The molecule has 0 bridgehead atoms. The maximum absolute atomic E-state index is 12.5. The van der Waals surface area contributed by atoms with E-state index in [0.29, 0.717) is 11.7 Å². The quantitative estimate of drug-likeness (QED) is 0.855. The van der Waals surface area contributed by atoms with Gasteiger partial charge in [0.2, 0.25) is 5.89 Å². The van der Waals surface area contributed by atoms with E-state index in [1.165, 1.54) is 4.90 Å². The fraction of sp³-hybridized carbons (Fsp3) is 0.714. The number of hydrogen-bond acceptors (Lipinski definition) is 5. The van der Waals surface area contributed by atoms with Crippen molar-refractivity contribution in [3.05, 3.63) is 11.7 Å². The highest BCUT2D eigenvalue weighted by Gasteiger charge is 2.56. The van der Waals surface area contributed by atoms with Crippen molar-refractivity contribution in [2.75, 3.05) is 0 Å². The van der Waals surface area contributed by atoms with Gasteiger partial charge in [-0.15, -0.1) is 0 Å². The molecule has 1 aromatic rings. The number of rotatable bonds is 3. The summed E-state index contributed by atoms with van der Waals surface area (Å²) in [7, 11) is 0. The Hall–Kier alpha value is -1.92. The first-order chi connectivity index (χ1) is 9.72. The van der Waals surface area contributed by atoms with Crippen LogP contribution in [0.15, 0.2) is 4.52 Å². The monoisotopic (exact) mass is 292 g/mol. The topological polar surface area (TPSA) is 88.3 Å². The normalized spacial score (nSPS) is 26.4. The average molecular weight is 292 g/mol. The standard InChI is InChI=1S/C14H20N4O3/c1-13(2,3)10-15-9(17-21-10)7-18-11(19)14(4,8-5-6-8)16-12(18)20/h8H,5-7H2,1-4H3,(H,16,20). The van der Waals surface area contributed by atoms with Crippen molar-refractivity contribution >= 4 is 11.9 Å². The lowest BCUT2D eigenvalue weighted by molar-refractivity contribution is -0.131. The SMILES string of the molecule is CC(C)(C)c1nc(CN2C(=O)NC(C)(C3CC3)C2=O)no1. The van der Waals surface area contributed by atoms with Crippen LogP contribution >= 0.6 is 0 Å². The minimum Gasteiger partial charge on any atom is -0.339 e. The van der Waals surface area contributed by atoms with E-state index in [2.05, 4.69) is 15.5 Å². The lowest BCUT2D eigenvalue weighted by atomic mass is 9.96. The molecule has 1 unspecified atom stereocenters. The van der Waals surface area contributed by atoms with Crippen LogP contribution < -0.4 is 5.32 Å². The molecular formula is C14H20N4O3. The molecule has 2 fully saturated rings. The molecule has 7 heteroatoms. The van der Waals surface area contributed by atoms with Gasteiger partial charge in [-0.2, -0.15) is 4.98 Å². The maximum Gasteiger partial charge on any atom is 0.325 e. The lowest BCUT2D eigenvalue weighted by Crippen LogP contribution is -2.46. The smallest absolute Gasteiger partial charge is 0.325 e. The fourth-order valence-corrected chi connectivity index (χ4v) is 2.56. The number of nitrogens with zero attached hydrogens (tertiary/aromatic N) is 3. The van der Waals surface area contributed by atoms with Gasteiger partial charge >= 0.3 is 6.03 Å². The van der Waals surface area contributed by atoms with Crippen molar-refractivity contribution < 1.29 is 14.1 Å². The summed E-state index contributed by atoms with van der Waals surface area (Å²) in [6.45, 7) is 7.72. The van der Waals surface area contributed by atoms with Crippen LogP contribution in [0, 0.1) is 5.92 Å². The van der Waals surface area contributed by atoms with Gasteiger partial charge in [-0.05, 0) is 25.7 Å². The van der Waals surface area contributed by atoms with Crippen LogP contribution in [-0.4, -0.2) is 32.5 Å². The molecule has 0 aromatic carbocycles. The van der Waals surface area contributed by atoms with Gasteiger partial charge in [0, 0.05) is 5.41 Å². The Morgan fingerprint density at radius 2 is 2.05 bits per heavy atom. The van der Waals surface area contributed by atoms with Crippen molar-refractivity contribution in [1.82, 2.24) is 20.4 Å². The minimum atomic E-state index is -0.770. The zero-order valence-electron chi connectivity index (χ0n) is 12.8. The fourth-order valence-electron chi connectivity index (χ4n) is 2.56. The summed E-state index contributed by atoms with van der Waals surface area (Å²) in [5, 5.41) is 6.66. The number of urea groups is 1. The number of amides is 3. The van der Waals surface area contributed by atoms with E-state index in [9.17, 15) is 9.59 Å². The van der Waals surface area contributed by atoms with Crippen LogP contribution in [0.1, 0.15) is 52.3 Å². The number of imide groups is 1. The summed E-state index contributed by atoms with van der Waals surface area (Å²) >= 11 is 0. The van der Waals surface area contributed by atoms with E-state index in [0.717, 1.165) is 12.8 Å². The molecule has 3 rings (SSSR count). The first kappa shape index (κ1) is 14.0. The second-order valence-corrected chi connectivity index (χ2v) is 7.06. The highest BCUT2D eigenvalue weighted by atomic mass is 16.5. The van der Waals surface area contributed by atoms with Crippen LogP contribution in [-0.2, 0) is 16.8 Å². The summed E-state index contributed by atoms with van der Waals surface area (Å²) in [6.07, 6.45) is 1.96. The number of carbonyl (C=O) groups is 2. The molecule has 21 heavy (non-hydrogen) atoms. The van der Waals surface area contributed by atoms with Crippen molar-refractivity contribution in [1.29, 1.82) is 0 Å². The second kappa shape index (κ2) is 4.29. The van der Waals surface area contributed by atoms with Gasteiger partial charge in [0.15, 0.2) is 5.82 Å². The summed E-state index contributed by atoms with van der Waals surface area (Å²) in [4.78, 5) is 30.0. The Bertz CT molecular complexity index is 600. The molecule has 0 radical (unpaired) electrons. The predicted molar refractivity (Wildman–Crippen MR) is 73.2 cm³/mol. The van der Waals surface area contributed by atoms with Crippen LogP contribution in [0.25, 0.3) is 0 Å². The third-order valence-electron chi connectivity index (χ3n) is 4.10. The van der Waals surface area contributed by atoms with Crippen molar-refractivity contribution in [2.45, 2.75) is 58.0 Å². The molecule has 1 N–H and O–H groups in total. The largest absolute Gasteiger partial charge is 0.339 e. The number of carbonyl (C=O) groups excluding carboxylic acids is 2. The van der Waals surface area contributed by atoms with Crippen LogP contribution in [0.3, 0.4) is 0 Å². The summed E-state index contributed by atoms with van der Waals surface area (Å²) in [5.74, 6) is 0.893. The van der Waals surface area contributed by atoms with Gasteiger partial charge in [-0.25, -0.2) is 4.79 Å². The van der Waals surface area contributed by atoms with Gasteiger partial charge in [0.25, 0.3) is 5.91 Å². The first-order valence-corrected chi connectivity index (χ1v) is 7.19. The molecule has 7 nitrogen and oxygen atoms in total. The predicted octanol–water partition coefficient (Wildman–Crippen LogP) is 1.59. The zero-order valence-corrected chi connectivity index (χ0v) is 12.8. The van der Waals surface area contributed by atoms with Gasteiger partial charge < -0.3 is 9.84 Å². The molecule has 1 aliphatic carbocycles. The number of nitrogens with one attached hydrogen (secondary N) is 1. The summed E-state index contributed by atoms with van der Waals surface area (Å²) < 4.78 is 5.19.